The Balaban J connectivity index is 2.39. The minimum Gasteiger partial charge on any atom is -0.477 e. The molecule has 0 bridgehead atoms. The maximum atomic E-state index is 12.4. The van der Waals surface area contributed by atoms with Crippen LogP contribution < -0.4 is 21.0 Å². The van der Waals surface area contributed by atoms with Gasteiger partial charge in [-0.3, -0.25) is 0 Å². The van der Waals surface area contributed by atoms with E-state index in [0.29, 0.717) is 16.6 Å². The van der Waals surface area contributed by atoms with Crippen molar-refractivity contribution in [2.24, 2.45) is 5.73 Å². The van der Waals surface area contributed by atoms with Crippen LogP contribution in [0.25, 0.3) is 34.7 Å². The molecule has 6 nitrogen and oxygen atoms in total. The number of aromatic nitrogens is 1. The first kappa shape index (κ1) is 21.2. The summed E-state index contributed by atoms with van der Waals surface area (Å²) in [6, 6.07) is 12.5. The maximum Gasteiger partial charge on any atom is 0.178 e. The van der Waals surface area contributed by atoms with Crippen molar-refractivity contribution in [3.8, 4) is 22.9 Å². The molecule has 1 aromatic heterocycles. The van der Waals surface area contributed by atoms with Gasteiger partial charge in [-0.25, -0.2) is 8.42 Å². The molecule has 0 unspecified atom stereocenters. The van der Waals surface area contributed by atoms with Crippen molar-refractivity contribution < 1.29 is 13.2 Å². The van der Waals surface area contributed by atoms with Crippen LogP contribution in [0.15, 0.2) is 53.1 Å². The first-order valence-electron chi connectivity index (χ1n) is 9.39. The summed E-state index contributed by atoms with van der Waals surface area (Å²) >= 11 is 0. The van der Waals surface area contributed by atoms with Gasteiger partial charge in [0.05, 0.1) is 16.2 Å². The molecule has 0 radical (unpaired) electrons. The van der Waals surface area contributed by atoms with Crippen molar-refractivity contribution in [2.45, 2.75) is 18.7 Å². The number of nitrogens with zero attached hydrogens (tertiary/aromatic N) is 1. The molecule has 1 heterocycles. The van der Waals surface area contributed by atoms with Crippen LogP contribution in [0.5, 0.6) is 5.75 Å². The number of H-pyrrole nitrogens is 1. The molecule has 3 aromatic rings. The molecule has 154 valence electrons. The molecule has 0 spiro atoms. The zero-order valence-electron chi connectivity index (χ0n) is 16.9. The third kappa shape index (κ3) is 3.95. The Kier molecular flexibility index (Phi) is 5.99. The van der Waals surface area contributed by atoms with Gasteiger partial charge in [0, 0.05) is 16.0 Å². The SMILES string of the molecule is C=c1[nH]c2c(OCC#N)ccc(-c3cccc(S(=O)(=O)CC)c3)c2/c1=C/C(C)=C\N. The summed E-state index contributed by atoms with van der Waals surface area (Å²) in [7, 11) is -3.34. The highest BCUT2D eigenvalue weighted by Crippen LogP contribution is 2.32. The van der Waals surface area contributed by atoms with Crippen LogP contribution >= 0.6 is 0 Å². The summed E-state index contributed by atoms with van der Waals surface area (Å²) in [5.74, 6) is 0.547. The van der Waals surface area contributed by atoms with Gasteiger partial charge in [0.15, 0.2) is 16.4 Å². The molecular weight excluding hydrogens is 398 g/mol. The van der Waals surface area contributed by atoms with Crippen molar-refractivity contribution in [3.05, 3.63) is 58.7 Å². The lowest BCUT2D eigenvalue weighted by Gasteiger charge is -2.10. The summed E-state index contributed by atoms with van der Waals surface area (Å²) in [5.41, 5.74) is 8.77. The van der Waals surface area contributed by atoms with E-state index >= 15 is 0 Å². The molecule has 2 aromatic carbocycles. The molecule has 0 aliphatic carbocycles. The molecular formula is C23H23N3O3S. The predicted octanol–water partition coefficient (Wildman–Crippen LogP) is 2.58. The second-order valence-corrected chi connectivity index (χ2v) is 9.09. The molecule has 0 saturated heterocycles. The fourth-order valence-corrected chi connectivity index (χ4v) is 4.21. The number of hydrogen-bond donors (Lipinski definition) is 2. The fourth-order valence-electron chi connectivity index (χ4n) is 3.29. The maximum absolute atomic E-state index is 12.4. The number of nitrogens with two attached hydrogens (primary N) is 1. The first-order chi connectivity index (χ1) is 14.3. The van der Waals surface area contributed by atoms with Gasteiger partial charge in [-0.05, 0) is 60.2 Å². The molecule has 0 amide bonds. The normalized spacial score (nSPS) is 12.8. The van der Waals surface area contributed by atoms with E-state index in [4.69, 9.17) is 15.7 Å². The van der Waals surface area contributed by atoms with E-state index in [0.717, 1.165) is 27.3 Å². The smallest absolute Gasteiger partial charge is 0.178 e. The first-order valence-corrected chi connectivity index (χ1v) is 11.0. The standard InChI is InChI=1S/C23H23N3O3S/c1-4-30(27,28)18-7-5-6-17(13-18)19-8-9-21(29-11-10-24)23-22(19)20(16(3)26-23)12-15(2)14-25/h5-9,12-14,26H,3-4,11,25H2,1-2H3/b15-14-,20-12+. The number of fused-ring (bicyclic) bond motifs is 1. The quantitative estimate of drug-likeness (QED) is 0.636. The molecule has 0 saturated carbocycles. The Labute approximate surface area is 175 Å². The van der Waals surface area contributed by atoms with Gasteiger partial charge >= 0.3 is 0 Å². The lowest BCUT2D eigenvalue weighted by atomic mass is 9.99. The minimum absolute atomic E-state index is 0.0273. The van der Waals surface area contributed by atoms with Gasteiger partial charge < -0.3 is 15.5 Å². The lowest BCUT2D eigenvalue weighted by Crippen LogP contribution is -2.21. The Morgan fingerprint density at radius 2 is 2.10 bits per heavy atom. The van der Waals surface area contributed by atoms with Crippen molar-refractivity contribution >= 4 is 33.4 Å². The van der Waals surface area contributed by atoms with E-state index in [1.54, 1.807) is 31.2 Å². The molecule has 0 fully saturated rings. The highest BCUT2D eigenvalue weighted by Gasteiger charge is 2.16. The van der Waals surface area contributed by atoms with E-state index in [9.17, 15) is 8.42 Å². The number of rotatable bonds is 6. The average molecular weight is 422 g/mol. The van der Waals surface area contributed by atoms with Gasteiger partial charge in [0.25, 0.3) is 0 Å². The average Bonchev–Trinajstić information content (AvgIpc) is 3.08. The van der Waals surface area contributed by atoms with Gasteiger partial charge in [0.2, 0.25) is 0 Å². The summed E-state index contributed by atoms with van der Waals surface area (Å²) in [6.07, 6.45) is 3.41. The zero-order valence-corrected chi connectivity index (χ0v) is 17.7. The Bertz CT molecular complexity index is 1390. The fraction of sp³-hybridized carbons (Fsp3) is 0.174. The number of allylic oxidation sites excluding steroid dienone is 1. The second-order valence-electron chi connectivity index (χ2n) is 6.81. The monoisotopic (exact) mass is 421 g/mol. The highest BCUT2D eigenvalue weighted by molar-refractivity contribution is 7.91. The Hall–Kier alpha value is -3.50. The van der Waals surface area contributed by atoms with Crippen LogP contribution in [0.1, 0.15) is 13.8 Å². The van der Waals surface area contributed by atoms with Gasteiger partial charge in [-0.2, -0.15) is 5.26 Å². The van der Waals surface area contributed by atoms with Gasteiger partial charge in [-0.1, -0.05) is 25.6 Å². The Morgan fingerprint density at radius 1 is 1.33 bits per heavy atom. The summed E-state index contributed by atoms with van der Waals surface area (Å²) in [6.45, 7) is 7.51. The van der Waals surface area contributed by atoms with E-state index in [1.165, 1.54) is 6.20 Å². The molecule has 0 aliphatic heterocycles. The van der Waals surface area contributed by atoms with Gasteiger partial charge in [-0.15, -0.1) is 0 Å². The molecule has 0 atom stereocenters. The summed E-state index contributed by atoms with van der Waals surface area (Å²) in [4.78, 5) is 3.51. The Morgan fingerprint density at radius 3 is 2.77 bits per heavy atom. The molecule has 7 heteroatoms. The number of sulfone groups is 1. The topological polar surface area (TPSA) is 109 Å². The van der Waals surface area contributed by atoms with Crippen molar-refractivity contribution in [3.63, 3.8) is 0 Å². The van der Waals surface area contributed by atoms with Crippen molar-refractivity contribution in [2.75, 3.05) is 12.4 Å². The van der Waals surface area contributed by atoms with Crippen LogP contribution in [0.2, 0.25) is 0 Å². The van der Waals surface area contributed by atoms with Crippen LogP contribution in [-0.2, 0) is 9.84 Å². The molecule has 3 rings (SSSR count). The molecule has 30 heavy (non-hydrogen) atoms. The van der Waals surface area contributed by atoms with Crippen LogP contribution in [0.4, 0.5) is 0 Å². The number of aromatic amines is 1. The number of ether oxygens (including phenoxy) is 1. The number of nitrogens with one attached hydrogen (secondary N) is 1. The largest absolute Gasteiger partial charge is 0.477 e. The second kappa shape index (κ2) is 8.47. The van der Waals surface area contributed by atoms with E-state index in [1.807, 2.05) is 31.2 Å². The van der Waals surface area contributed by atoms with Crippen molar-refractivity contribution in [1.29, 1.82) is 5.26 Å². The van der Waals surface area contributed by atoms with Crippen molar-refractivity contribution in [1.82, 2.24) is 4.98 Å². The number of hydrogen-bond acceptors (Lipinski definition) is 5. The van der Waals surface area contributed by atoms with E-state index in [-0.39, 0.29) is 17.3 Å². The minimum atomic E-state index is -3.34. The van der Waals surface area contributed by atoms with E-state index < -0.39 is 9.84 Å². The molecule has 0 aliphatic rings. The zero-order chi connectivity index (χ0) is 21.9. The predicted molar refractivity (Wildman–Crippen MR) is 120 cm³/mol. The number of benzene rings is 2. The summed E-state index contributed by atoms with van der Waals surface area (Å²) < 4.78 is 30.3. The summed E-state index contributed by atoms with van der Waals surface area (Å²) in [5, 5.41) is 11.2. The van der Waals surface area contributed by atoms with E-state index in [2.05, 4.69) is 11.6 Å². The lowest BCUT2D eigenvalue weighted by molar-refractivity contribution is 0.372. The van der Waals surface area contributed by atoms with Crippen LogP contribution in [0, 0.1) is 11.3 Å². The third-order valence-corrected chi connectivity index (χ3v) is 6.58. The highest BCUT2D eigenvalue weighted by atomic mass is 32.2. The number of nitriles is 1. The molecule has 3 N–H and O–H groups in total. The van der Waals surface area contributed by atoms with Gasteiger partial charge in [0.1, 0.15) is 11.8 Å². The van der Waals surface area contributed by atoms with Crippen LogP contribution in [0.3, 0.4) is 0 Å². The van der Waals surface area contributed by atoms with Crippen LogP contribution in [-0.4, -0.2) is 25.8 Å². The third-order valence-electron chi connectivity index (χ3n) is 4.85.